The number of benzene rings is 1. The summed E-state index contributed by atoms with van der Waals surface area (Å²) in [6.07, 6.45) is -3.95. The van der Waals surface area contributed by atoms with Crippen LogP contribution in [0.3, 0.4) is 0 Å². The number of piperidine rings is 1. The van der Waals surface area contributed by atoms with E-state index in [2.05, 4.69) is 10.6 Å². The molecular weight excluding hydrogens is 288 g/mol. The molecule has 7 heteroatoms. The second kappa shape index (κ2) is 6.01. The van der Waals surface area contributed by atoms with Gasteiger partial charge in [-0.1, -0.05) is 6.92 Å². The Morgan fingerprint density at radius 1 is 1.33 bits per heavy atom. The van der Waals surface area contributed by atoms with E-state index in [0.29, 0.717) is 37.1 Å². The number of alkyl halides is 3. The minimum Gasteiger partial charge on any atom is -0.323 e. The fourth-order valence-corrected chi connectivity index (χ4v) is 2.39. The molecule has 0 aliphatic carbocycles. The molecule has 0 saturated carbocycles. The largest absolute Gasteiger partial charge is 0.416 e. The second-order valence-electron chi connectivity index (χ2n) is 5.38. The number of rotatable bonds is 2. The highest BCUT2D eigenvalue weighted by molar-refractivity contribution is 5.93. The van der Waals surface area contributed by atoms with E-state index in [-0.39, 0.29) is 5.92 Å². The Morgan fingerprint density at radius 3 is 2.67 bits per heavy atom. The molecule has 1 aliphatic rings. The van der Waals surface area contributed by atoms with Crippen molar-refractivity contribution in [1.82, 2.24) is 5.32 Å². The first-order valence-electron chi connectivity index (χ1n) is 6.65. The van der Waals surface area contributed by atoms with Gasteiger partial charge in [0.15, 0.2) is 0 Å². The summed E-state index contributed by atoms with van der Waals surface area (Å²) in [4.78, 5) is 12.0. The molecule has 1 amide bonds. The van der Waals surface area contributed by atoms with E-state index in [0.717, 1.165) is 6.54 Å². The Bertz CT molecular complexity index is 530. The predicted octanol–water partition coefficient (Wildman–Crippen LogP) is 3.03. The van der Waals surface area contributed by atoms with Crippen molar-refractivity contribution in [2.75, 3.05) is 18.4 Å². The molecule has 1 fully saturated rings. The average molecular weight is 304 g/mol. The van der Waals surface area contributed by atoms with Crippen LogP contribution in [0.4, 0.5) is 23.2 Å². The van der Waals surface area contributed by atoms with Gasteiger partial charge in [-0.2, -0.15) is 13.2 Å². The number of anilines is 1. The third-order valence-corrected chi connectivity index (χ3v) is 3.49. The van der Waals surface area contributed by atoms with Crippen molar-refractivity contribution in [3.05, 3.63) is 29.6 Å². The maximum Gasteiger partial charge on any atom is 0.416 e. The van der Waals surface area contributed by atoms with E-state index < -0.39 is 29.2 Å². The van der Waals surface area contributed by atoms with Crippen LogP contribution in [0.15, 0.2) is 18.2 Å². The average Bonchev–Trinajstić information content (AvgIpc) is 2.40. The zero-order chi connectivity index (χ0) is 15.6. The molecule has 0 radical (unpaired) electrons. The molecule has 1 saturated heterocycles. The number of amides is 1. The van der Waals surface area contributed by atoms with Gasteiger partial charge in [0.1, 0.15) is 5.82 Å². The van der Waals surface area contributed by atoms with Crippen LogP contribution < -0.4 is 10.6 Å². The van der Waals surface area contributed by atoms with Crippen molar-refractivity contribution in [3.63, 3.8) is 0 Å². The first-order valence-corrected chi connectivity index (χ1v) is 6.65. The Kier molecular flexibility index (Phi) is 4.51. The molecular formula is C14H16F4N2O. The van der Waals surface area contributed by atoms with E-state index in [1.807, 2.05) is 6.92 Å². The molecule has 116 valence electrons. The number of carbonyl (C=O) groups excluding carboxylic acids is 1. The molecule has 2 N–H and O–H groups in total. The predicted molar refractivity (Wildman–Crippen MR) is 70.2 cm³/mol. The SMILES string of the molecule is CC1CNCC(C(=O)Nc2cc(C(F)(F)F)ccc2F)C1. The third-order valence-electron chi connectivity index (χ3n) is 3.49. The number of nitrogens with one attached hydrogen (secondary N) is 2. The zero-order valence-corrected chi connectivity index (χ0v) is 11.4. The van der Waals surface area contributed by atoms with Gasteiger partial charge in [-0.05, 0) is 37.1 Å². The van der Waals surface area contributed by atoms with Crippen molar-refractivity contribution < 1.29 is 22.4 Å². The van der Waals surface area contributed by atoms with Crippen LogP contribution in [0, 0.1) is 17.7 Å². The first kappa shape index (κ1) is 15.8. The second-order valence-corrected chi connectivity index (χ2v) is 5.38. The van der Waals surface area contributed by atoms with E-state index >= 15 is 0 Å². The Balaban J connectivity index is 2.13. The van der Waals surface area contributed by atoms with Gasteiger partial charge in [-0.25, -0.2) is 4.39 Å². The van der Waals surface area contributed by atoms with Crippen molar-refractivity contribution in [3.8, 4) is 0 Å². The lowest BCUT2D eigenvalue weighted by molar-refractivity contribution is -0.137. The summed E-state index contributed by atoms with van der Waals surface area (Å²) in [5.41, 5.74) is -1.43. The Hall–Kier alpha value is -1.63. The molecule has 3 nitrogen and oxygen atoms in total. The molecule has 1 aliphatic heterocycles. The standard InChI is InChI=1S/C14H16F4N2O/c1-8-4-9(7-19-6-8)13(21)20-12-5-10(14(16,17)18)2-3-11(12)15/h2-3,5,8-9,19H,4,6-7H2,1H3,(H,20,21). The van der Waals surface area contributed by atoms with Gasteiger partial charge in [0.25, 0.3) is 0 Å². The summed E-state index contributed by atoms with van der Waals surface area (Å²) in [5.74, 6) is -1.43. The normalized spacial score (nSPS) is 22.9. The van der Waals surface area contributed by atoms with E-state index in [9.17, 15) is 22.4 Å². The Labute approximate surface area is 119 Å². The highest BCUT2D eigenvalue weighted by Gasteiger charge is 2.32. The third kappa shape index (κ3) is 3.93. The lowest BCUT2D eigenvalue weighted by atomic mass is 9.91. The van der Waals surface area contributed by atoms with Crippen LogP contribution >= 0.6 is 0 Å². The molecule has 0 bridgehead atoms. The lowest BCUT2D eigenvalue weighted by Gasteiger charge is -2.27. The molecule has 2 rings (SSSR count). The van der Waals surface area contributed by atoms with Crippen LogP contribution in [0.2, 0.25) is 0 Å². The molecule has 1 aromatic carbocycles. The number of halogens is 4. The van der Waals surface area contributed by atoms with Gasteiger partial charge >= 0.3 is 6.18 Å². The molecule has 0 aromatic heterocycles. The monoisotopic (exact) mass is 304 g/mol. The van der Waals surface area contributed by atoms with Crippen molar-refractivity contribution in [2.24, 2.45) is 11.8 Å². The molecule has 0 spiro atoms. The minimum atomic E-state index is -4.58. The van der Waals surface area contributed by atoms with Gasteiger partial charge in [0, 0.05) is 6.54 Å². The van der Waals surface area contributed by atoms with Crippen molar-refractivity contribution in [1.29, 1.82) is 0 Å². The zero-order valence-electron chi connectivity index (χ0n) is 11.4. The highest BCUT2D eigenvalue weighted by Crippen LogP contribution is 2.32. The van der Waals surface area contributed by atoms with Crippen LogP contribution in [-0.2, 0) is 11.0 Å². The molecule has 2 unspecified atom stereocenters. The first-order chi connectivity index (χ1) is 9.77. The lowest BCUT2D eigenvalue weighted by Crippen LogP contribution is -2.41. The van der Waals surface area contributed by atoms with E-state index in [1.54, 1.807) is 0 Å². The smallest absolute Gasteiger partial charge is 0.323 e. The quantitative estimate of drug-likeness (QED) is 0.825. The van der Waals surface area contributed by atoms with Gasteiger partial charge < -0.3 is 10.6 Å². The number of hydrogen-bond acceptors (Lipinski definition) is 2. The van der Waals surface area contributed by atoms with E-state index in [4.69, 9.17) is 0 Å². The van der Waals surface area contributed by atoms with Crippen LogP contribution in [-0.4, -0.2) is 19.0 Å². The fourth-order valence-electron chi connectivity index (χ4n) is 2.39. The van der Waals surface area contributed by atoms with Gasteiger partial charge in [0.05, 0.1) is 17.2 Å². The summed E-state index contributed by atoms with van der Waals surface area (Å²) in [6.45, 7) is 3.20. The maximum atomic E-state index is 13.6. The van der Waals surface area contributed by atoms with Crippen LogP contribution in [0.1, 0.15) is 18.9 Å². The number of carbonyl (C=O) groups is 1. The molecule has 2 atom stereocenters. The van der Waals surface area contributed by atoms with Gasteiger partial charge in [-0.3, -0.25) is 4.79 Å². The van der Waals surface area contributed by atoms with E-state index in [1.165, 1.54) is 0 Å². The maximum absolute atomic E-state index is 13.6. The van der Waals surface area contributed by atoms with Crippen molar-refractivity contribution >= 4 is 11.6 Å². The highest BCUT2D eigenvalue weighted by atomic mass is 19.4. The van der Waals surface area contributed by atoms with Crippen LogP contribution in [0.5, 0.6) is 0 Å². The fraction of sp³-hybridized carbons (Fsp3) is 0.500. The van der Waals surface area contributed by atoms with Crippen molar-refractivity contribution in [2.45, 2.75) is 19.5 Å². The molecule has 21 heavy (non-hydrogen) atoms. The summed E-state index contributed by atoms with van der Waals surface area (Å²) in [6, 6.07) is 1.97. The topological polar surface area (TPSA) is 41.1 Å². The molecule has 1 aromatic rings. The summed E-state index contributed by atoms with van der Waals surface area (Å²) in [5, 5.41) is 5.33. The number of hydrogen-bond donors (Lipinski definition) is 2. The summed E-state index contributed by atoms with van der Waals surface area (Å²) < 4.78 is 51.4. The summed E-state index contributed by atoms with van der Waals surface area (Å²) in [7, 11) is 0. The molecule has 1 heterocycles. The minimum absolute atomic E-state index is 0.292. The van der Waals surface area contributed by atoms with Gasteiger partial charge in [-0.15, -0.1) is 0 Å². The summed E-state index contributed by atoms with van der Waals surface area (Å²) >= 11 is 0. The van der Waals surface area contributed by atoms with Gasteiger partial charge in [0.2, 0.25) is 5.91 Å². The van der Waals surface area contributed by atoms with Crippen LogP contribution in [0.25, 0.3) is 0 Å². The Morgan fingerprint density at radius 2 is 2.05 bits per heavy atom.